The maximum absolute atomic E-state index is 11.9. The Labute approximate surface area is 180 Å². The van der Waals surface area contributed by atoms with E-state index in [0.29, 0.717) is 20.2 Å². The number of amides is 1. The van der Waals surface area contributed by atoms with Crippen LogP contribution in [0.15, 0.2) is 45.4 Å². The van der Waals surface area contributed by atoms with Crippen LogP contribution >= 0.6 is 55.7 Å². The van der Waals surface area contributed by atoms with Crippen molar-refractivity contribution >= 4 is 84.1 Å². The van der Waals surface area contributed by atoms with Crippen LogP contribution in [-0.2, 0) is 4.79 Å². The van der Waals surface area contributed by atoms with Gasteiger partial charge in [-0.25, -0.2) is 0 Å². The Morgan fingerprint density at radius 2 is 1.89 bits per heavy atom. The second-order valence-corrected chi connectivity index (χ2v) is 7.56. The maximum Gasteiger partial charge on any atom is 0.288 e. The van der Waals surface area contributed by atoms with Gasteiger partial charge in [0.1, 0.15) is 10.8 Å². The molecule has 0 saturated carbocycles. The number of nitrogens with zero attached hydrogens (tertiary/aromatic N) is 1. The molecule has 2 aromatic carbocycles. The van der Waals surface area contributed by atoms with Crippen molar-refractivity contribution in [1.29, 1.82) is 0 Å². The fourth-order valence-electron chi connectivity index (χ4n) is 1.90. The van der Waals surface area contributed by atoms with Crippen molar-refractivity contribution in [1.82, 2.24) is 5.32 Å². The van der Waals surface area contributed by atoms with Crippen LogP contribution in [0.1, 0.15) is 5.56 Å². The third kappa shape index (κ3) is 5.99. The molecule has 0 bridgehead atoms. The van der Waals surface area contributed by atoms with Gasteiger partial charge >= 0.3 is 0 Å². The van der Waals surface area contributed by atoms with Crippen molar-refractivity contribution in [3.8, 4) is 5.75 Å². The average Bonchev–Trinajstić information content (AvgIpc) is 2.58. The van der Waals surface area contributed by atoms with Crippen molar-refractivity contribution in [2.45, 2.75) is 0 Å². The van der Waals surface area contributed by atoms with Crippen molar-refractivity contribution in [3.05, 3.63) is 66.1 Å². The summed E-state index contributed by atoms with van der Waals surface area (Å²) < 4.78 is 0.885. The van der Waals surface area contributed by atoms with E-state index in [1.54, 1.807) is 18.2 Å². The molecule has 2 aromatic rings. The predicted molar refractivity (Wildman–Crippen MR) is 115 cm³/mol. The van der Waals surface area contributed by atoms with Crippen LogP contribution in [0.2, 0.25) is 5.02 Å². The van der Waals surface area contributed by atoms with Crippen molar-refractivity contribution in [3.63, 3.8) is 0 Å². The smallest absolute Gasteiger partial charge is 0.288 e. The first kappa shape index (κ1) is 21.3. The fourth-order valence-corrected chi connectivity index (χ4v) is 3.49. The molecule has 0 unspecified atom stereocenters. The lowest BCUT2D eigenvalue weighted by molar-refractivity contribution is -0.384. The lowest BCUT2D eigenvalue weighted by Gasteiger charge is -2.10. The van der Waals surface area contributed by atoms with Crippen LogP contribution in [0.25, 0.3) is 6.08 Å². The van der Waals surface area contributed by atoms with E-state index in [-0.39, 0.29) is 21.6 Å². The monoisotopic (exact) mass is 533 g/mol. The van der Waals surface area contributed by atoms with E-state index in [1.165, 1.54) is 24.3 Å². The summed E-state index contributed by atoms with van der Waals surface area (Å²) in [5.41, 5.74) is 0.723. The number of carbonyl (C=O) groups excluding carboxylic acids is 1. The van der Waals surface area contributed by atoms with Crippen LogP contribution in [0.4, 0.5) is 11.4 Å². The van der Waals surface area contributed by atoms with Gasteiger partial charge in [0.2, 0.25) is 5.91 Å². The van der Waals surface area contributed by atoms with E-state index < -0.39 is 10.8 Å². The topological polar surface area (TPSA) is 104 Å². The van der Waals surface area contributed by atoms with Gasteiger partial charge in [-0.3, -0.25) is 20.2 Å². The number of thiocarbonyl (C=S) groups is 1. The highest BCUT2D eigenvalue weighted by Crippen LogP contribution is 2.35. The summed E-state index contributed by atoms with van der Waals surface area (Å²) >= 11 is 17.2. The molecule has 0 aliphatic carbocycles. The molecule has 140 valence electrons. The zero-order chi connectivity index (χ0) is 20.1. The van der Waals surface area contributed by atoms with Gasteiger partial charge in [0.15, 0.2) is 5.11 Å². The van der Waals surface area contributed by atoms with E-state index in [2.05, 4.69) is 42.5 Å². The largest absolute Gasteiger partial charge is 0.506 e. The third-order valence-electron chi connectivity index (χ3n) is 3.11. The van der Waals surface area contributed by atoms with Crippen LogP contribution in [0.5, 0.6) is 5.75 Å². The molecule has 0 saturated heterocycles. The minimum atomic E-state index is -0.604. The molecule has 0 radical (unpaired) electrons. The molecule has 0 fully saturated rings. The van der Waals surface area contributed by atoms with Gasteiger partial charge in [-0.05, 0) is 73.9 Å². The number of benzene rings is 2. The first-order valence-corrected chi connectivity index (χ1v) is 9.46. The summed E-state index contributed by atoms with van der Waals surface area (Å²) in [7, 11) is 0. The standard InChI is InChI=1S/C16H10Br2ClN3O4S/c17-10-6-9(7-11(18)15(10)24)20-16(27)21-14(23)4-2-8-1-3-12(19)13(5-8)22(25)26/h1-7,24H,(H2,20,21,23,27)/b4-2+. The number of hydrogen-bond donors (Lipinski definition) is 3. The van der Waals surface area contributed by atoms with Gasteiger partial charge in [-0.2, -0.15) is 0 Å². The van der Waals surface area contributed by atoms with Gasteiger partial charge < -0.3 is 10.4 Å². The highest BCUT2D eigenvalue weighted by molar-refractivity contribution is 9.11. The number of carbonyl (C=O) groups is 1. The average molecular weight is 536 g/mol. The first-order chi connectivity index (χ1) is 12.7. The zero-order valence-corrected chi connectivity index (χ0v) is 17.9. The minimum Gasteiger partial charge on any atom is -0.506 e. The summed E-state index contributed by atoms with van der Waals surface area (Å²) in [6, 6.07) is 7.35. The third-order valence-corrected chi connectivity index (χ3v) is 4.84. The van der Waals surface area contributed by atoms with E-state index in [0.717, 1.165) is 0 Å². The molecule has 0 heterocycles. The number of hydrogen-bond acceptors (Lipinski definition) is 5. The Kier molecular flexibility index (Phi) is 7.31. The minimum absolute atomic E-state index is 0.0122. The van der Waals surface area contributed by atoms with Gasteiger partial charge in [-0.15, -0.1) is 0 Å². The molecule has 7 nitrogen and oxygen atoms in total. The molecule has 11 heteroatoms. The number of phenols is 1. The predicted octanol–water partition coefficient (Wildman–Crippen LogP) is 5.01. The second-order valence-electron chi connectivity index (χ2n) is 5.03. The summed E-state index contributed by atoms with van der Waals surface area (Å²) in [4.78, 5) is 22.2. The number of nitro groups is 1. The molecule has 1 amide bonds. The number of halogens is 3. The molecule has 0 spiro atoms. The molecule has 3 N–H and O–H groups in total. The van der Waals surface area contributed by atoms with Crippen LogP contribution < -0.4 is 10.6 Å². The van der Waals surface area contributed by atoms with Crippen molar-refractivity contribution in [2.24, 2.45) is 0 Å². The molecular weight excluding hydrogens is 526 g/mol. The normalized spacial score (nSPS) is 10.6. The van der Waals surface area contributed by atoms with Crippen LogP contribution in [-0.4, -0.2) is 21.0 Å². The molecular formula is C16H10Br2ClN3O4S. The fraction of sp³-hybridized carbons (Fsp3) is 0. The highest BCUT2D eigenvalue weighted by atomic mass is 79.9. The molecule has 2 rings (SSSR count). The van der Waals surface area contributed by atoms with E-state index in [4.69, 9.17) is 23.8 Å². The summed E-state index contributed by atoms with van der Waals surface area (Å²) in [5, 5.41) is 25.8. The van der Waals surface area contributed by atoms with E-state index in [1.807, 2.05) is 0 Å². The number of aromatic hydroxyl groups is 1. The van der Waals surface area contributed by atoms with E-state index in [9.17, 15) is 20.0 Å². The molecule has 0 aliphatic heterocycles. The zero-order valence-electron chi connectivity index (χ0n) is 13.2. The Bertz CT molecular complexity index is 946. The number of rotatable bonds is 4. The number of nitro benzene ring substituents is 1. The van der Waals surface area contributed by atoms with Gasteiger partial charge in [-0.1, -0.05) is 17.7 Å². The maximum atomic E-state index is 11.9. The molecule has 0 aromatic heterocycles. The Morgan fingerprint density at radius 1 is 1.26 bits per heavy atom. The summed E-state index contributed by atoms with van der Waals surface area (Å²) in [6.45, 7) is 0. The van der Waals surface area contributed by atoms with Crippen molar-refractivity contribution < 1.29 is 14.8 Å². The van der Waals surface area contributed by atoms with Crippen LogP contribution in [0.3, 0.4) is 0 Å². The van der Waals surface area contributed by atoms with Crippen molar-refractivity contribution in [2.75, 3.05) is 5.32 Å². The lowest BCUT2D eigenvalue weighted by atomic mass is 10.2. The first-order valence-electron chi connectivity index (χ1n) is 7.09. The quantitative estimate of drug-likeness (QED) is 0.167. The molecule has 0 aliphatic rings. The number of phenolic OH excluding ortho intramolecular Hbond substituents is 1. The molecule has 27 heavy (non-hydrogen) atoms. The van der Waals surface area contributed by atoms with Gasteiger partial charge in [0.25, 0.3) is 5.69 Å². The summed E-state index contributed by atoms with van der Waals surface area (Å²) in [6.07, 6.45) is 2.58. The summed E-state index contributed by atoms with van der Waals surface area (Å²) in [5.74, 6) is -0.488. The number of anilines is 1. The lowest BCUT2D eigenvalue weighted by Crippen LogP contribution is -2.32. The Balaban J connectivity index is 2.01. The Morgan fingerprint density at radius 3 is 2.48 bits per heavy atom. The molecule has 0 atom stereocenters. The van der Waals surface area contributed by atoms with Crippen LogP contribution in [0, 0.1) is 10.1 Å². The van der Waals surface area contributed by atoms with Gasteiger partial charge in [0.05, 0.1) is 13.9 Å². The van der Waals surface area contributed by atoms with Gasteiger partial charge in [0, 0.05) is 17.8 Å². The number of nitrogens with one attached hydrogen (secondary N) is 2. The van der Waals surface area contributed by atoms with E-state index >= 15 is 0 Å². The highest BCUT2D eigenvalue weighted by Gasteiger charge is 2.12. The Hall–Kier alpha value is -2.01. The second kappa shape index (κ2) is 9.27. The SMILES string of the molecule is O=C(/C=C/c1ccc(Cl)c([N+](=O)[O-])c1)NC(=S)Nc1cc(Br)c(O)c(Br)c1.